The monoisotopic (exact) mass is 336 g/mol. The fourth-order valence-corrected chi connectivity index (χ4v) is 3.18. The number of rotatable bonds is 4. The Balaban J connectivity index is 1.64. The third kappa shape index (κ3) is 3.05. The Hall–Kier alpha value is -2.60. The minimum Gasteiger partial charge on any atom is -0.370 e. The second-order valence-electron chi connectivity index (χ2n) is 6.45. The number of fused-ring (bicyclic) bond motifs is 1. The highest BCUT2D eigenvalue weighted by Crippen LogP contribution is 2.24. The fraction of sp³-hybridized carbons (Fsp3) is 0.368. The topological polar surface area (TPSA) is 69.9 Å². The van der Waals surface area contributed by atoms with Gasteiger partial charge in [-0.2, -0.15) is 0 Å². The molecule has 3 aromatic rings. The highest BCUT2D eigenvalue weighted by molar-refractivity contribution is 5.86. The van der Waals surface area contributed by atoms with Crippen molar-refractivity contribution in [3.05, 3.63) is 42.2 Å². The maximum atomic E-state index is 12.3. The van der Waals surface area contributed by atoms with Gasteiger partial charge in [0.15, 0.2) is 5.78 Å². The van der Waals surface area contributed by atoms with Gasteiger partial charge in [-0.05, 0) is 25.8 Å². The first-order valence-electron chi connectivity index (χ1n) is 8.50. The van der Waals surface area contributed by atoms with Crippen LogP contribution in [0.15, 0.2) is 30.6 Å². The van der Waals surface area contributed by atoms with E-state index in [1.165, 1.54) is 0 Å². The number of nitrogens with zero attached hydrogens (tertiary/aromatic N) is 4. The summed E-state index contributed by atoms with van der Waals surface area (Å²) in [4.78, 5) is 25.5. The SMILES string of the molecule is Cc1ncc(-c2ccc3cnc(CC(=O)[C@@H]4CCCO4)nc3c2)n1C. The molecule has 1 aliphatic rings. The number of aromatic nitrogens is 4. The molecule has 0 saturated carbocycles. The molecule has 0 spiro atoms. The van der Waals surface area contributed by atoms with Gasteiger partial charge in [0.1, 0.15) is 17.8 Å². The second kappa shape index (κ2) is 6.37. The molecule has 1 fully saturated rings. The van der Waals surface area contributed by atoms with Crippen LogP contribution in [0.4, 0.5) is 0 Å². The molecule has 1 aliphatic heterocycles. The molecular weight excluding hydrogens is 316 g/mol. The lowest BCUT2D eigenvalue weighted by atomic mass is 10.1. The van der Waals surface area contributed by atoms with Crippen LogP contribution in [0.5, 0.6) is 0 Å². The van der Waals surface area contributed by atoms with E-state index in [-0.39, 0.29) is 18.3 Å². The van der Waals surface area contributed by atoms with Crippen molar-refractivity contribution in [2.75, 3.05) is 6.61 Å². The smallest absolute Gasteiger partial charge is 0.169 e. The molecule has 1 atom stereocenters. The standard InChI is InChI=1S/C19H20N4O2/c1-12-20-11-16(23(12)2)13-5-6-14-10-21-19(22-15(14)8-13)9-17(24)18-4-3-7-25-18/h5-6,8,10-11,18H,3-4,7,9H2,1-2H3/t18-/m0/s1. The summed E-state index contributed by atoms with van der Waals surface area (Å²) in [5, 5.41) is 0.955. The number of ketones is 1. The molecule has 4 rings (SSSR count). The van der Waals surface area contributed by atoms with Crippen LogP contribution in [-0.2, 0) is 23.0 Å². The summed E-state index contributed by atoms with van der Waals surface area (Å²) in [5.41, 5.74) is 2.92. The van der Waals surface area contributed by atoms with Crippen LogP contribution in [-0.4, -0.2) is 38.0 Å². The Kier molecular flexibility index (Phi) is 4.05. The molecular formula is C19H20N4O2. The zero-order valence-corrected chi connectivity index (χ0v) is 14.4. The average Bonchev–Trinajstić information content (AvgIpc) is 3.26. The van der Waals surface area contributed by atoms with E-state index in [1.54, 1.807) is 6.20 Å². The van der Waals surface area contributed by atoms with Crippen LogP contribution in [0.2, 0.25) is 0 Å². The molecule has 0 bridgehead atoms. The first-order valence-corrected chi connectivity index (χ1v) is 8.50. The normalized spacial score (nSPS) is 17.3. The second-order valence-corrected chi connectivity index (χ2v) is 6.45. The van der Waals surface area contributed by atoms with Crippen molar-refractivity contribution in [2.24, 2.45) is 7.05 Å². The maximum Gasteiger partial charge on any atom is 0.169 e. The van der Waals surface area contributed by atoms with Gasteiger partial charge in [-0.25, -0.2) is 15.0 Å². The predicted molar refractivity (Wildman–Crippen MR) is 94.2 cm³/mol. The molecule has 25 heavy (non-hydrogen) atoms. The van der Waals surface area contributed by atoms with E-state index in [1.807, 2.05) is 42.9 Å². The Morgan fingerprint density at radius 2 is 2.20 bits per heavy atom. The van der Waals surface area contributed by atoms with E-state index < -0.39 is 0 Å². The first-order chi connectivity index (χ1) is 12.1. The van der Waals surface area contributed by atoms with Gasteiger partial charge >= 0.3 is 0 Å². The molecule has 0 radical (unpaired) electrons. The summed E-state index contributed by atoms with van der Waals surface area (Å²) in [6.07, 6.45) is 5.32. The lowest BCUT2D eigenvalue weighted by Gasteiger charge is -2.08. The number of imidazole rings is 1. The van der Waals surface area contributed by atoms with Crippen molar-refractivity contribution in [1.82, 2.24) is 19.5 Å². The van der Waals surface area contributed by atoms with Crippen molar-refractivity contribution in [2.45, 2.75) is 32.3 Å². The number of carbonyl (C=O) groups is 1. The third-order valence-electron chi connectivity index (χ3n) is 4.77. The van der Waals surface area contributed by atoms with Crippen molar-refractivity contribution < 1.29 is 9.53 Å². The minimum atomic E-state index is -0.289. The third-order valence-corrected chi connectivity index (χ3v) is 4.77. The Morgan fingerprint density at radius 3 is 2.92 bits per heavy atom. The summed E-state index contributed by atoms with van der Waals surface area (Å²) in [6, 6.07) is 6.06. The van der Waals surface area contributed by atoms with Gasteiger partial charge in [0, 0.05) is 30.8 Å². The van der Waals surface area contributed by atoms with E-state index in [2.05, 4.69) is 15.0 Å². The molecule has 6 nitrogen and oxygen atoms in total. The lowest BCUT2D eigenvalue weighted by molar-refractivity contribution is -0.127. The summed E-state index contributed by atoms with van der Waals surface area (Å²) in [7, 11) is 1.99. The quantitative estimate of drug-likeness (QED) is 0.732. The van der Waals surface area contributed by atoms with Crippen LogP contribution in [0.25, 0.3) is 22.2 Å². The highest BCUT2D eigenvalue weighted by Gasteiger charge is 2.24. The first kappa shape index (κ1) is 15.9. The fourth-order valence-electron chi connectivity index (χ4n) is 3.18. The van der Waals surface area contributed by atoms with Gasteiger partial charge in [0.2, 0.25) is 0 Å². The van der Waals surface area contributed by atoms with E-state index >= 15 is 0 Å². The number of carbonyl (C=O) groups excluding carboxylic acids is 1. The largest absolute Gasteiger partial charge is 0.370 e. The van der Waals surface area contributed by atoms with E-state index in [4.69, 9.17) is 4.74 Å². The molecule has 3 heterocycles. The van der Waals surface area contributed by atoms with Gasteiger partial charge in [-0.3, -0.25) is 4.79 Å². The average molecular weight is 336 g/mol. The Morgan fingerprint density at radius 1 is 1.32 bits per heavy atom. The number of benzene rings is 1. The van der Waals surface area contributed by atoms with Gasteiger partial charge < -0.3 is 9.30 Å². The molecule has 2 aromatic heterocycles. The number of Topliss-reactive ketones (excluding diaryl/α,β-unsaturated/α-hetero) is 1. The van der Waals surface area contributed by atoms with Crippen LogP contribution in [0.1, 0.15) is 24.5 Å². The molecule has 128 valence electrons. The lowest BCUT2D eigenvalue weighted by Crippen LogP contribution is -2.22. The van der Waals surface area contributed by atoms with E-state index in [0.29, 0.717) is 12.4 Å². The van der Waals surface area contributed by atoms with Crippen molar-refractivity contribution in [3.63, 3.8) is 0 Å². The Bertz CT molecular complexity index is 942. The van der Waals surface area contributed by atoms with Crippen LogP contribution >= 0.6 is 0 Å². The number of hydrogen-bond donors (Lipinski definition) is 0. The molecule has 1 saturated heterocycles. The molecule has 0 aliphatic carbocycles. The van der Waals surface area contributed by atoms with Crippen LogP contribution in [0, 0.1) is 6.92 Å². The van der Waals surface area contributed by atoms with Crippen molar-refractivity contribution in [1.29, 1.82) is 0 Å². The predicted octanol–water partition coefficient (Wildman–Crippen LogP) is 2.63. The van der Waals surface area contributed by atoms with Gasteiger partial charge in [-0.15, -0.1) is 0 Å². The molecule has 6 heteroatoms. The number of ether oxygens (including phenoxy) is 1. The van der Waals surface area contributed by atoms with E-state index in [9.17, 15) is 4.79 Å². The zero-order valence-electron chi connectivity index (χ0n) is 14.4. The van der Waals surface area contributed by atoms with Crippen LogP contribution < -0.4 is 0 Å². The maximum absolute atomic E-state index is 12.3. The summed E-state index contributed by atoms with van der Waals surface area (Å²) in [6.45, 7) is 2.64. The molecule has 1 aromatic carbocycles. The highest BCUT2D eigenvalue weighted by atomic mass is 16.5. The van der Waals surface area contributed by atoms with Gasteiger partial charge in [0.25, 0.3) is 0 Å². The van der Waals surface area contributed by atoms with Crippen molar-refractivity contribution >= 4 is 16.7 Å². The summed E-state index contributed by atoms with van der Waals surface area (Å²) < 4.78 is 7.50. The number of hydrogen-bond acceptors (Lipinski definition) is 5. The Labute approximate surface area is 145 Å². The van der Waals surface area contributed by atoms with E-state index in [0.717, 1.165) is 40.8 Å². The zero-order chi connectivity index (χ0) is 17.4. The summed E-state index contributed by atoms with van der Waals surface area (Å²) in [5.74, 6) is 1.57. The van der Waals surface area contributed by atoms with Crippen molar-refractivity contribution in [3.8, 4) is 11.3 Å². The minimum absolute atomic E-state index is 0.0651. The molecule has 0 unspecified atom stereocenters. The van der Waals surface area contributed by atoms with Crippen LogP contribution in [0.3, 0.4) is 0 Å². The molecule has 0 N–H and O–H groups in total. The number of aryl methyl sites for hydroxylation is 1. The van der Waals surface area contributed by atoms with Gasteiger partial charge in [-0.1, -0.05) is 12.1 Å². The summed E-state index contributed by atoms with van der Waals surface area (Å²) >= 11 is 0. The van der Waals surface area contributed by atoms with Gasteiger partial charge in [0.05, 0.1) is 23.8 Å². The molecule has 0 amide bonds.